The molecule has 21 N–H and O–H groups in total. The average Bonchev–Trinajstić information content (AvgIpc) is 1.62. The Morgan fingerprint density at radius 3 is 1.67 bits per heavy atom. The Morgan fingerprint density at radius 1 is 0.626 bits per heavy atom. The number of nitrogens with one attached hydrogen (secondary N) is 13. The Balaban J connectivity index is 0.935. The number of carbonyl (C=O) groups excluding carboxylic acids is 14. The Morgan fingerprint density at radius 2 is 1.15 bits per heavy atom. The standard InChI is InChI=1S/C81H132N16O32S2/c1-5-51(2)58-36-55(99)40-90-75(109)53-34-59-57-6-7-66(117-4)60(74(57)96-79(59)131(116)50-62(93-72(108)44-91-76(58)110)77(111)94-61(38-67(83)103)80(113)97-46-56(100)37-63(97)78(112)95-73(64(101)35-53)52(3)65(102)47-98)49-130-33-32-128-31-30-127-29-28-126-27-26-125-25-24-124-23-22-123-21-20-122-19-18-121-17-16-120-15-14-119-13-12-118-11-10-84-39-54(82)48-129-81(114)86-9-8-85-68(104)41-87-69(105)42-88-70(106)43-89-71(107)45-92-115/h6-7,39,51-53,56,58,61-63,65,73,84,92,96,98,100,102,115H,5,8-38,40-50,82H2,1-4H3,(H2,83,103)(H,85,104)(H,86,114)(H,87,105)(H,88,106)(H,89,107)(H,90,109)(H,91,110)(H,93,108)(H,94,111)(H,95,112)/b54-39-/t51-,52-,53+,56+,58-,61-,62-,63-,65-,73-,131?/m0/s1. The number of alkyl carbamates (subject to hydrolysis) is 1. The first-order valence-corrected chi connectivity index (χ1v) is 45.7. The smallest absolute Gasteiger partial charge is 0.407 e. The van der Waals surface area contributed by atoms with Crippen LogP contribution < -0.4 is 80.2 Å². The molecule has 5 rings (SSSR count). The van der Waals surface area contributed by atoms with Crippen LogP contribution >= 0.6 is 11.8 Å². The van der Waals surface area contributed by atoms with Crippen LogP contribution in [0.4, 0.5) is 4.79 Å². The molecule has 0 spiro atoms. The summed E-state index contributed by atoms with van der Waals surface area (Å²) in [5.41, 5.74) is 14.4. The summed E-state index contributed by atoms with van der Waals surface area (Å²) in [6, 6.07) is -3.71. The van der Waals surface area contributed by atoms with Crippen molar-refractivity contribution in [3.05, 3.63) is 35.2 Å². The number of ketones is 2. The van der Waals surface area contributed by atoms with Crippen LogP contribution in [0.2, 0.25) is 0 Å². The number of hydrogen-bond donors (Lipinski definition) is 19. The maximum absolute atomic E-state index is 15.4. The molecule has 12 amide bonds. The number of Topliss-reactive ketones (excluding diaryl/α,β-unsaturated/α-hetero) is 2. The summed E-state index contributed by atoms with van der Waals surface area (Å²) in [7, 11) is -0.979. The average molecular weight is 1910 g/mol. The molecule has 0 saturated carbocycles. The number of aliphatic hydroxyl groups is 3. The summed E-state index contributed by atoms with van der Waals surface area (Å²) in [5.74, 6) is -14.8. The zero-order chi connectivity index (χ0) is 95.7. The molecule has 1 saturated heterocycles. The third kappa shape index (κ3) is 44.3. The molecule has 3 aliphatic heterocycles. The van der Waals surface area contributed by atoms with E-state index in [1.807, 2.05) is 0 Å². The molecular formula is C81H132N16O32S2. The lowest BCUT2D eigenvalue weighted by Crippen LogP contribution is -2.60. The molecule has 4 heterocycles. The van der Waals surface area contributed by atoms with Crippen LogP contribution in [0, 0.1) is 23.7 Å². The van der Waals surface area contributed by atoms with Crippen molar-refractivity contribution in [3.8, 4) is 5.75 Å². The predicted octanol–water partition coefficient (Wildman–Crippen LogP) is -7.46. The molecule has 50 heteroatoms. The minimum absolute atomic E-state index is 0.0237. The molecule has 0 radical (unpaired) electrons. The first kappa shape index (κ1) is 112. The number of nitrogens with two attached hydrogens (primary N) is 2. The Labute approximate surface area is 765 Å². The highest BCUT2D eigenvalue weighted by Crippen LogP contribution is 2.37. The van der Waals surface area contributed by atoms with E-state index in [0.717, 1.165) is 4.90 Å². The number of amides is 12. The van der Waals surface area contributed by atoms with Gasteiger partial charge in [0.15, 0.2) is 11.6 Å². The van der Waals surface area contributed by atoms with Crippen molar-refractivity contribution in [1.82, 2.24) is 73.8 Å². The van der Waals surface area contributed by atoms with Gasteiger partial charge in [-0.2, -0.15) is 17.2 Å². The minimum Gasteiger partial charge on any atom is -0.496 e. The number of fused-ring (bicyclic) bond motifs is 5. The summed E-state index contributed by atoms with van der Waals surface area (Å²) in [6.45, 7) is 8.51. The van der Waals surface area contributed by atoms with Crippen LogP contribution in [0.25, 0.3) is 10.9 Å². The molecule has 740 valence electrons. The van der Waals surface area contributed by atoms with Crippen molar-refractivity contribution in [1.29, 1.82) is 0 Å². The van der Waals surface area contributed by atoms with Gasteiger partial charge in [-0.05, 0) is 30.0 Å². The molecule has 2 aromatic rings. The number of rotatable bonds is 60. The molecule has 2 bridgehead atoms. The van der Waals surface area contributed by atoms with Gasteiger partial charge in [-0.1, -0.05) is 27.2 Å². The molecule has 0 aliphatic carbocycles. The third-order valence-corrected chi connectivity index (χ3v) is 22.7. The summed E-state index contributed by atoms with van der Waals surface area (Å²) in [5, 5.41) is 68.1. The van der Waals surface area contributed by atoms with E-state index < -0.39 is 237 Å². The van der Waals surface area contributed by atoms with Gasteiger partial charge < -0.3 is 162 Å². The highest BCUT2D eigenvalue weighted by atomic mass is 32.2. The molecule has 131 heavy (non-hydrogen) atoms. The molecule has 1 aromatic heterocycles. The number of aliphatic hydroxyl groups excluding tert-OH is 3. The number of hydrogen-bond acceptors (Lipinski definition) is 36. The number of nitrogens with zero attached hydrogens (tertiary/aromatic N) is 1. The van der Waals surface area contributed by atoms with E-state index in [1.165, 1.54) is 32.0 Å². The van der Waals surface area contributed by atoms with Crippen LogP contribution in [0.5, 0.6) is 5.75 Å². The fraction of sp³-hybridized carbons (Fsp3) is 0.704. The lowest BCUT2D eigenvalue weighted by Gasteiger charge is -2.32. The van der Waals surface area contributed by atoms with Gasteiger partial charge in [0.2, 0.25) is 65.0 Å². The lowest BCUT2D eigenvalue weighted by molar-refractivity contribution is -0.144. The number of thioether (sulfide) groups is 1. The molecule has 1 fully saturated rings. The van der Waals surface area contributed by atoms with E-state index in [9.17, 15) is 77.6 Å². The number of methoxy groups -OCH3 is 1. The number of benzene rings is 1. The van der Waals surface area contributed by atoms with E-state index in [0.29, 0.717) is 173 Å². The van der Waals surface area contributed by atoms with Crippen molar-refractivity contribution in [3.63, 3.8) is 0 Å². The first-order chi connectivity index (χ1) is 63.1. The second kappa shape index (κ2) is 65.2. The van der Waals surface area contributed by atoms with Crippen LogP contribution in [-0.2, 0) is 142 Å². The molecular weight excluding hydrogens is 1770 g/mol. The quantitative estimate of drug-likeness (QED) is 0.0216. The monoisotopic (exact) mass is 1900 g/mol. The van der Waals surface area contributed by atoms with Crippen molar-refractivity contribution in [2.45, 2.75) is 106 Å². The van der Waals surface area contributed by atoms with Gasteiger partial charge in [0.05, 0.1) is 251 Å². The summed E-state index contributed by atoms with van der Waals surface area (Å²) >= 11 is 1.44. The number of aromatic nitrogens is 1. The number of hydroxylamine groups is 1. The SMILES string of the molecule is CC[C@H](C)[C@@H]1CC(=O)CNC(=O)[C@H]2CC(=O)[C@H]([C@@H](C)[C@@H](O)CO)NC(=O)[C@@H]3C[C@@H](O)CN3C(=O)[C@H](CC(N)=O)NC(=O)[C@H](CS(=O)c3[nH]c4c(CSCCOCCOCCOCCOCCOCCOCCOCCOCCOCCOCCOCCN/C=C(\N)COC(=O)NCCNC(=O)CNC(=O)CNC(=O)CNC(=O)CNO)c(OC)ccc4c3C2)NC(=O)CNC1=O. The van der Waals surface area contributed by atoms with Crippen molar-refractivity contribution >= 4 is 116 Å². The summed E-state index contributed by atoms with van der Waals surface area (Å²) in [4.78, 5) is 191. The van der Waals surface area contributed by atoms with E-state index in [2.05, 4.69) is 63.5 Å². The van der Waals surface area contributed by atoms with Crippen LogP contribution in [0.3, 0.4) is 0 Å². The molecule has 3 aliphatic rings. The second-order valence-corrected chi connectivity index (χ2v) is 32.7. The van der Waals surface area contributed by atoms with E-state index >= 15 is 9.00 Å². The predicted molar refractivity (Wildman–Crippen MR) is 466 cm³/mol. The van der Waals surface area contributed by atoms with E-state index in [-0.39, 0.29) is 61.5 Å². The van der Waals surface area contributed by atoms with Crippen molar-refractivity contribution in [2.75, 3.05) is 243 Å². The van der Waals surface area contributed by atoms with Crippen molar-refractivity contribution < 1.29 is 153 Å². The second-order valence-electron chi connectivity index (χ2n) is 30.2. The number of aromatic amines is 1. The molecule has 1 aromatic carbocycles. The highest BCUT2D eigenvalue weighted by molar-refractivity contribution is 7.98. The summed E-state index contributed by atoms with van der Waals surface area (Å²) in [6.07, 6.45) is -4.73. The first-order valence-electron chi connectivity index (χ1n) is 43.2. The number of ether oxygens (including phenoxy) is 13. The van der Waals surface area contributed by atoms with Crippen LogP contribution in [0.1, 0.15) is 64.0 Å². The van der Waals surface area contributed by atoms with E-state index in [1.54, 1.807) is 31.5 Å². The van der Waals surface area contributed by atoms with Gasteiger partial charge >= 0.3 is 6.09 Å². The van der Waals surface area contributed by atoms with Gasteiger partial charge in [0.1, 0.15) is 35.5 Å². The van der Waals surface area contributed by atoms with Gasteiger partial charge in [0, 0.05) is 91.9 Å². The van der Waals surface area contributed by atoms with Gasteiger partial charge in [-0.25, -0.2) is 4.79 Å². The van der Waals surface area contributed by atoms with Crippen LogP contribution in [0.15, 0.2) is 29.1 Å². The topological polar surface area (TPSA) is 672 Å². The number of carbonyl (C=O) groups is 14. The van der Waals surface area contributed by atoms with Gasteiger partial charge in [-0.15, -0.1) is 0 Å². The highest BCUT2D eigenvalue weighted by Gasteiger charge is 2.45. The fourth-order valence-electron chi connectivity index (χ4n) is 13.1. The Hall–Kier alpha value is -9.46. The van der Waals surface area contributed by atoms with Gasteiger partial charge in [-0.3, -0.25) is 66.5 Å². The maximum Gasteiger partial charge on any atom is 0.407 e. The molecule has 48 nitrogen and oxygen atoms in total. The maximum atomic E-state index is 15.4. The largest absolute Gasteiger partial charge is 0.496 e. The Bertz CT molecular complexity index is 3970. The summed E-state index contributed by atoms with van der Waals surface area (Å²) < 4.78 is 87.8. The third-order valence-electron chi connectivity index (χ3n) is 20.3. The number of H-pyrrole nitrogens is 1. The minimum atomic E-state index is -2.42. The lowest BCUT2D eigenvalue weighted by atomic mass is 9.85. The van der Waals surface area contributed by atoms with Crippen LogP contribution in [-0.4, -0.2) is 396 Å². The Kier molecular flexibility index (Phi) is 55.8. The van der Waals surface area contributed by atoms with Crippen molar-refractivity contribution in [2.24, 2.45) is 35.1 Å². The molecule has 1 unspecified atom stereocenters. The number of primary amides is 1. The zero-order valence-corrected chi connectivity index (χ0v) is 76.2. The molecule has 11 atom stereocenters. The van der Waals surface area contributed by atoms with E-state index in [4.69, 9.17) is 78.3 Å². The zero-order valence-electron chi connectivity index (χ0n) is 74.5. The normalized spacial score (nSPS) is 19.9. The van der Waals surface area contributed by atoms with Gasteiger partial charge in [0.25, 0.3) is 0 Å². The fourth-order valence-corrected chi connectivity index (χ4v) is 15.4.